The molecule has 9 nitrogen and oxygen atoms in total. The van der Waals surface area contributed by atoms with Gasteiger partial charge in [0.05, 0.1) is 11.0 Å². The van der Waals surface area contributed by atoms with Crippen molar-refractivity contribution in [1.29, 1.82) is 0 Å². The Labute approximate surface area is 180 Å². The molecule has 0 amide bonds. The van der Waals surface area contributed by atoms with Crippen molar-refractivity contribution in [2.75, 3.05) is 18.0 Å². The molecular weight excluding hydrogens is 429 g/mol. The molecule has 1 aromatic carbocycles. The number of benzene rings is 1. The predicted octanol–water partition coefficient (Wildman–Crippen LogP) is 2.60. The van der Waals surface area contributed by atoms with Crippen molar-refractivity contribution >= 4 is 22.8 Å². The zero-order valence-corrected chi connectivity index (χ0v) is 17.2. The number of alkyl halides is 3. The molecule has 1 atom stereocenters. The van der Waals surface area contributed by atoms with Gasteiger partial charge in [0.1, 0.15) is 12.1 Å². The van der Waals surface area contributed by atoms with Crippen molar-refractivity contribution in [2.45, 2.75) is 38.0 Å². The van der Waals surface area contributed by atoms with Crippen molar-refractivity contribution in [1.82, 2.24) is 25.3 Å². The number of carboxylic acid groups (broad SMARTS) is 1. The first-order valence-electron chi connectivity index (χ1n) is 9.92. The standard InChI is InChI=1S/C18H22N6O.C2HF3O2/c1-12(13-2-3-15-16(10-13)23-18(25)22-15)21-14-5-8-24(9-6-14)17-4-7-19-11-20-17;3-2(4,5)1(6)7/h2-4,7,10-12,14,21H,5-6,8-9H2,1H3,(H2,22,23,25);(H,6,7). The number of H-pyrrole nitrogens is 2. The fourth-order valence-electron chi connectivity index (χ4n) is 3.52. The summed E-state index contributed by atoms with van der Waals surface area (Å²) in [5, 5.41) is 10.8. The number of carbonyl (C=O) groups is 1. The predicted molar refractivity (Wildman–Crippen MR) is 111 cm³/mol. The second-order valence-corrected chi connectivity index (χ2v) is 7.40. The van der Waals surface area contributed by atoms with E-state index >= 15 is 0 Å². The van der Waals surface area contributed by atoms with E-state index in [2.05, 4.69) is 43.1 Å². The Kier molecular flexibility index (Phi) is 7.13. The van der Waals surface area contributed by atoms with Crippen LogP contribution in [-0.4, -0.2) is 56.3 Å². The normalized spacial score (nSPS) is 15.8. The Morgan fingerprint density at radius 1 is 1.22 bits per heavy atom. The number of hydrogen-bond acceptors (Lipinski definition) is 6. The molecule has 1 aliphatic rings. The van der Waals surface area contributed by atoms with Gasteiger partial charge in [-0.1, -0.05) is 6.07 Å². The van der Waals surface area contributed by atoms with E-state index in [4.69, 9.17) is 9.90 Å². The minimum atomic E-state index is -5.08. The lowest BCUT2D eigenvalue weighted by Gasteiger charge is -2.34. The van der Waals surface area contributed by atoms with Crippen LogP contribution in [0.4, 0.5) is 19.0 Å². The Bertz CT molecular complexity index is 1090. The van der Waals surface area contributed by atoms with E-state index in [1.807, 2.05) is 18.2 Å². The summed E-state index contributed by atoms with van der Waals surface area (Å²) in [4.78, 5) is 36.5. The third-order valence-electron chi connectivity index (χ3n) is 5.15. The minimum Gasteiger partial charge on any atom is -0.475 e. The topological polar surface area (TPSA) is 127 Å². The largest absolute Gasteiger partial charge is 0.490 e. The number of aromatic amines is 2. The quantitative estimate of drug-likeness (QED) is 0.479. The summed E-state index contributed by atoms with van der Waals surface area (Å²) >= 11 is 0. The molecule has 12 heteroatoms. The third kappa shape index (κ3) is 6.06. The van der Waals surface area contributed by atoms with Crippen LogP contribution in [0.15, 0.2) is 41.6 Å². The number of anilines is 1. The molecule has 0 radical (unpaired) electrons. The van der Waals surface area contributed by atoms with Crippen molar-refractivity contribution in [3.05, 3.63) is 52.8 Å². The summed E-state index contributed by atoms with van der Waals surface area (Å²) in [6.07, 6.45) is 0.467. The molecule has 3 heterocycles. The zero-order valence-electron chi connectivity index (χ0n) is 17.2. The number of carboxylic acids is 1. The second kappa shape index (κ2) is 9.81. The van der Waals surface area contributed by atoms with Gasteiger partial charge in [-0.2, -0.15) is 13.2 Å². The molecule has 172 valence electrons. The number of halogens is 3. The van der Waals surface area contributed by atoms with Crippen molar-refractivity contribution in [3.8, 4) is 0 Å². The summed E-state index contributed by atoms with van der Waals surface area (Å²) in [6, 6.07) is 8.75. The molecule has 32 heavy (non-hydrogen) atoms. The molecule has 0 spiro atoms. The van der Waals surface area contributed by atoms with Gasteiger partial charge in [-0.3, -0.25) is 0 Å². The van der Waals surface area contributed by atoms with Gasteiger partial charge in [0.25, 0.3) is 0 Å². The molecule has 1 aliphatic heterocycles. The number of imidazole rings is 1. The highest BCUT2D eigenvalue weighted by atomic mass is 19.4. The fourth-order valence-corrected chi connectivity index (χ4v) is 3.52. The average Bonchev–Trinajstić information content (AvgIpc) is 3.14. The van der Waals surface area contributed by atoms with Gasteiger partial charge in [-0.25, -0.2) is 19.6 Å². The van der Waals surface area contributed by atoms with Crippen LogP contribution in [0.1, 0.15) is 31.4 Å². The van der Waals surface area contributed by atoms with Crippen LogP contribution in [0.25, 0.3) is 11.0 Å². The molecule has 0 saturated carbocycles. The molecule has 3 aromatic rings. The Morgan fingerprint density at radius 3 is 2.47 bits per heavy atom. The lowest BCUT2D eigenvalue weighted by molar-refractivity contribution is -0.192. The number of piperidine rings is 1. The summed E-state index contributed by atoms with van der Waals surface area (Å²) in [6.45, 7) is 4.15. The van der Waals surface area contributed by atoms with Gasteiger partial charge in [-0.15, -0.1) is 0 Å². The summed E-state index contributed by atoms with van der Waals surface area (Å²) in [7, 11) is 0. The average molecular weight is 452 g/mol. The Morgan fingerprint density at radius 2 is 1.88 bits per heavy atom. The van der Waals surface area contributed by atoms with Crippen LogP contribution in [0.2, 0.25) is 0 Å². The maximum absolute atomic E-state index is 11.4. The van der Waals surface area contributed by atoms with Crippen molar-refractivity contribution in [3.63, 3.8) is 0 Å². The van der Waals surface area contributed by atoms with E-state index in [9.17, 15) is 18.0 Å². The number of rotatable bonds is 4. The molecule has 4 rings (SSSR count). The number of hydrogen-bond donors (Lipinski definition) is 4. The Hall–Kier alpha value is -3.41. The SMILES string of the molecule is CC(NC1CCN(c2ccncn2)CC1)c1ccc2[nH]c(=O)[nH]c2c1.O=C(O)C(F)(F)F. The van der Waals surface area contributed by atoms with Crippen LogP contribution < -0.4 is 15.9 Å². The second-order valence-electron chi connectivity index (χ2n) is 7.40. The van der Waals surface area contributed by atoms with E-state index in [1.54, 1.807) is 12.5 Å². The number of aliphatic carboxylic acids is 1. The summed E-state index contributed by atoms with van der Waals surface area (Å²) in [5.41, 5.74) is 2.72. The number of aromatic nitrogens is 4. The van der Waals surface area contributed by atoms with Gasteiger partial charge in [0, 0.05) is 31.4 Å². The van der Waals surface area contributed by atoms with Gasteiger partial charge < -0.3 is 25.3 Å². The summed E-state index contributed by atoms with van der Waals surface area (Å²) < 4.78 is 31.7. The maximum atomic E-state index is 11.4. The molecule has 4 N–H and O–H groups in total. The molecule has 1 saturated heterocycles. The van der Waals surface area contributed by atoms with Crippen LogP contribution >= 0.6 is 0 Å². The first-order chi connectivity index (χ1) is 15.1. The van der Waals surface area contributed by atoms with Crippen molar-refractivity contribution < 1.29 is 23.1 Å². The van der Waals surface area contributed by atoms with Crippen molar-refractivity contribution in [2.24, 2.45) is 0 Å². The Balaban J connectivity index is 0.000000360. The van der Waals surface area contributed by atoms with Gasteiger partial charge in [0.15, 0.2) is 0 Å². The van der Waals surface area contributed by atoms with E-state index < -0.39 is 12.1 Å². The molecule has 2 aromatic heterocycles. The molecule has 0 aliphatic carbocycles. The van der Waals surface area contributed by atoms with E-state index in [1.165, 1.54) is 5.56 Å². The van der Waals surface area contributed by atoms with Crippen LogP contribution in [0, 0.1) is 0 Å². The molecule has 1 unspecified atom stereocenters. The maximum Gasteiger partial charge on any atom is 0.490 e. The lowest BCUT2D eigenvalue weighted by atomic mass is 10.0. The van der Waals surface area contributed by atoms with Crippen LogP contribution in [0.3, 0.4) is 0 Å². The highest BCUT2D eigenvalue weighted by molar-refractivity contribution is 5.75. The molecule has 1 fully saturated rings. The number of fused-ring (bicyclic) bond motifs is 1. The lowest BCUT2D eigenvalue weighted by Crippen LogP contribution is -2.43. The number of nitrogens with zero attached hydrogens (tertiary/aromatic N) is 3. The van der Waals surface area contributed by atoms with Crippen LogP contribution in [0.5, 0.6) is 0 Å². The van der Waals surface area contributed by atoms with E-state index in [0.29, 0.717) is 6.04 Å². The number of nitrogens with one attached hydrogen (secondary N) is 3. The zero-order chi connectivity index (χ0) is 23.3. The summed E-state index contributed by atoms with van der Waals surface area (Å²) in [5.74, 6) is -1.75. The molecule has 0 bridgehead atoms. The third-order valence-corrected chi connectivity index (χ3v) is 5.15. The van der Waals surface area contributed by atoms with E-state index in [0.717, 1.165) is 42.8 Å². The first kappa shape index (κ1) is 23.3. The minimum absolute atomic E-state index is 0.162. The fraction of sp³-hybridized carbons (Fsp3) is 0.400. The van der Waals surface area contributed by atoms with Crippen LogP contribution in [-0.2, 0) is 4.79 Å². The highest BCUT2D eigenvalue weighted by Gasteiger charge is 2.38. The smallest absolute Gasteiger partial charge is 0.475 e. The highest BCUT2D eigenvalue weighted by Crippen LogP contribution is 2.21. The van der Waals surface area contributed by atoms with Gasteiger partial charge >= 0.3 is 17.8 Å². The van der Waals surface area contributed by atoms with Gasteiger partial charge in [0.2, 0.25) is 0 Å². The molecular formula is C20H23F3N6O3. The first-order valence-corrected chi connectivity index (χ1v) is 9.92. The monoisotopic (exact) mass is 452 g/mol. The van der Waals surface area contributed by atoms with Gasteiger partial charge in [-0.05, 0) is 43.5 Å². The van der Waals surface area contributed by atoms with E-state index in [-0.39, 0.29) is 11.7 Å².